The summed E-state index contributed by atoms with van der Waals surface area (Å²) in [4.78, 5) is 9.60. The maximum atomic E-state index is 9.60. The number of nitrogens with two attached hydrogens (primary N) is 1. The second-order valence-corrected chi connectivity index (χ2v) is 2.66. The van der Waals surface area contributed by atoms with Crippen molar-refractivity contribution in [1.29, 1.82) is 0 Å². The van der Waals surface area contributed by atoms with Crippen molar-refractivity contribution < 1.29 is 9.90 Å². The second-order valence-electron chi connectivity index (χ2n) is 2.66. The minimum Gasteiger partial charge on any atom is -0.465 e. The molecule has 0 aromatic heterocycles. The van der Waals surface area contributed by atoms with Gasteiger partial charge in [-0.2, -0.15) is 0 Å². The molecule has 0 spiro atoms. The summed E-state index contributed by atoms with van der Waals surface area (Å²) in [5, 5.41) is 9.98. The van der Waals surface area contributed by atoms with E-state index in [0.717, 1.165) is 0 Å². The van der Waals surface area contributed by atoms with Crippen LogP contribution in [-0.4, -0.2) is 17.7 Å². The molecule has 0 aliphatic heterocycles. The Balaban J connectivity index is 0.000000265. The average molecular weight is 208 g/mol. The Kier molecular flexibility index (Phi) is 7.71. The van der Waals surface area contributed by atoms with E-state index in [0.29, 0.717) is 13.1 Å². The number of rotatable bonds is 3. The van der Waals surface area contributed by atoms with Crippen LogP contribution in [0.4, 0.5) is 4.79 Å². The standard InChI is InChI=1S/C7H9N.C4H7NO2/c8-6-7-4-2-1-3-5-7;1-2-3-5-4(6)7/h1-5H,6,8H2;2,5H,1,3H2,(H,6,7). The van der Waals surface area contributed by atoms with Crippen molar-refractivity contribution in [3.05, 3.63) is 48.6 Å². The minimum atomic E-state index is -1.01. The molecule has 0 aliphatic carbocycles. The molecule has 0 unspecified atom stereocenters. The van der Waals surface area contributed by atoms with Crippen LogP contribution < -0.4 is 11.1 Å². The molecule has 1 rings (SSSR count). The number of benzene rings is 1. The third-order valence-corrected chi connectivity index (χ3v) is 1.48. The third-order valence-electron chi connectivity index (χ3n) is 1.48. The van der Waals surface area contributed by atoms with Gasteiger partial charge in [0.15, 0.2) is 0 Å². The third kappa shape index (κ3) is 8.52. The van der Waals surface area contributed by atoms with Gasteiger partial charge in [-0.05, 0) is 5.56 Å². The topological polar surface area (TPSA) is 75.3 Å². The molecular formula is C11H16N2O2. The van der Waals surface area contributed by atoms with Gasteiger partial charge in [0.05, 0.1) is 0 Å². The fourth-order valence-corrected chi connectivity index (χ4v) is 0.774. The van der Waals surface area contributed by atoms with Gasteiger partial charge >= 0.3 is 6.09 Å². The smallest absolute Gasteiger partial charge is 0.404 e. The second kappa shape index (κ2) is 8.77. The lowest BCUT2D eigenvalue weighted by molar-refractivity contribution is 0.195. The van der Waals surface area contributed by atoms with Gasteiger partial charge in [-0.3, -0.25) is 0 Å². The van der Waals surface area contributed by atoms with Crippen molar-refractivity contribution in [2.75, 3.05) is 6.54 Å². The predicted molar refractivity (Wildman–Crippen MR) is 60.6 cm³/mol. The quantitative estimate of drug-likeness (QED) is 0.660. The first-order valence-electron chi connectivity index (χ1n) is 4.52. The summed E-state index contributed by atoms with van der Waals surface area (Å²) in [6.45, 7) is 4.26. The van der Waals surface area contributed by atoms with Gasteiger partial charge in [-0.25, -0.2) is 4.79 Å². The number of carboxylic acid groups (broad SMARTS) is 1. The molecule has 82 valence electrons. The first-order chi connectivity index (χ1) is 7.20. The highest BCUT2D eigenvalue weighted by molar-refractivity contribution is 5.64. The van der Waals surface area contributed by atoms with Crippen LogP contribution in [0.15, 0.2) is 43.0 Å². The van der Waals surface area contributed by atoms with Crippen LogP contribution in [0, 0.1) is 0 Å². The summed E-state index contributed by atoms with van der Waals surface area (Å²) in [5.74, 6) is 0. The maximum Gasteiger partial charge on any atom is 0.404 e. The van der Waals surface area contributed by atoms with E-state index in [2.05, 4.69) is 11.9 Å². The van der Waals surface area contributed by atoms with Gasteiger partial charge in [0.25, 0.3) is 0 Å². The lowest BCUT2D eigenvalue weighted by Crippen LogP contribution is -2.19. The molecular weight excluding hydrogens is 192 g/mol. The Morgan fingerprint density at radius 2 is 2.07 bits per heavy atom. The zero-order chi connectivity index (χ0) is 11.5. The summed E-state index contributed by atoms with van der Waals surface area (Å²) in [5.41, 5.74) is 6.54. The van der Waals surface area contributed by atoms with Gasteiger partial charge in [-0.1, -0.05) is 36.4 Å². The molecule has 0 atom stereocenters. The van der Waals surface area contributed by atoms with E-state index in [1.807, 2.05) is 30.3 Å². The summed E-state index contributed by atoms with van der Waals surface area (Å²) in [6.07, 6.45) is 0.466. The Bertz CT molecular complexity index is 286. The number of nitrogens with one attached hydrogen (secondary N) is 1. The number of carbonyl (C=O) groups is 1. The Labute approximate surface area is 89.4 Å². The summed E-state index contributed by atoms with van der Waals surface area (Å²) in [7, 11) is 0. The van der Waals surface area contributed by atoms with Crippen LogP contribution in [0.3, 0.4) is 0 Å². The van der Waals surface area contributed by atoms with Gasteiger partial charge in [0, 0.05) is 13.1 Å². The van der Waals surface area contributed by atoms with Crippen molar-refractivity contribution in [1.82, 2.24) is 5.32 Å². The monoisotopic (exact) mass is 208 g/mol. The van der Waals surface area contributed by atoms with Crippen LogP contribution in [0.25, 0.3) is 0 Å². The average Bonchev–Trinajstić information content (AvgIpc) is 2.28. The number of hydrogen-bond donors (Lipinski definition) is 3. The maximum absolute atomic E-state index is 9.60. The van der Waals surface area contributed by atoms with Gasteiger partial charge in [-0.15, -0.1) is 6.58 Å². The van der Waals surface area contributed by atoms with Gasteiger partial charge in [0.1, 0.15) is 0 Å². The molecule has 0 aliphatic rings. The molecule has 15 heavy (non-hydrogen) atoms. The number of amides is 1. The van der Waals surface area contributed by atoms with Crippen molar-refractivity contribution in [2.45, 2.75) is 6.54 Å². The normalized spacial score (nSPS) is 8.33. The molecule has 4 heteroatoms. The van der Waals surface area contributed by atoms with E-state index >= 15 is 0 Å². The molecule has 0 bridgehead atoms. The molecule has 1 amide bonds. The highest BCUT2D eigenvalue weighted by Crippen LogP contribution is 1.94. The van der Waals surface area contributed by atoms with Crippen molar-refractivity contribution in [3.63, 3.8) is 0 Å². The van der Waals surface area contributed by atoms with E-state index in [9.17, 15) is 4.79 Å². The lowest BCUT2D eigenvalue weighted by Gasteiger charge is -1.90. The van der Waals surface area contributed by atoms with E-state index in [-0.39, 0.29) is 0 Å². The summed E-state index contributed by atoms with van der Waals surface area (Å²) in [6, 6.07) is 9.99. The summed E-state index contributed by atoms with van der Waals surface area (Å²) >= 11 is 0. The number of hydrogen-bond acceptors (Lipinski definition) is 2. The Morgan fingerprint density at radius 3 is 2.33 bits per heavy atom. The van der Waals surface area contributed by atoms with Gasteiger partial charge in [0.2, 0.25) is 0 Å². The highest BCUT2D eigenvalue weighted by atomic mass is 16.4. The molecule has 4 nitrogen and oxygen atoms in total. The van der Waals surface area contributed by atoms with Crippen LogP contribution in [0.5, 0.6) is 0 Å². The van der Waals surface area contributed by atoms with Crippen molar-refractivity contribution in [3.8, 4) is 0 Å². The van der Waals surface area contributed by atoms with E-state index in [1.165, 1.54) is 11.6 Å². The first kappa shape index (κ1) is 13.2. The lowest BCUT2D eigenvalue weighted by atomic mass is 10.2. The SMILES string of the molecule is C=CCNC(=O)O.NCc1ccccc1. The van der Waals surface area contributed by atoms with Crippen LogP contribution >= 0.6 is 0 Å². The highest BCUT2D eigenvalue weighted by Gasteiger charge is 1.84. The molecule has 0 heterocycles. The predicted octanol–water partition coefficient (Wildman–Crippen LogP) is 1.59. The molecule has 1 aromatic carbocycles. The van der Waals surface area contributed by atoms with Crippen LogP contribution in [0.1, 0.15) is 5.56 Å². The zero-order valence-corrected chi connectivity index (χ0v) is 8.52. The molecule has 0 fully saturated rings. The zero-order valence-electron chi connectivity index (χ0n) is 8.52. The Hall–Kier alpha value is -1.81. The molecule has 0 saturated heterocycles. The summed E-state index contributed by atoms with van der Waals surface area (Å²) < 4.78 is 0. The van der Waals surface area contributed by atoms with Crippen LogP contribution in [-0.2, 0) is 6.54 Å². The molecule has 1 aromatic rings. The van der Waals surface area contributed by atoms with Gasteiger partial charge < -0.3 is 16.2 Å². The molecule has 4 N–H and O–H groups in total. The largest absolute Gasteiger partial charge is 0.465 e. The molecule has 0 radical (unpaired) electrons. The fourth-order valence-electron chi connectivity index (χ4n) is 0.774. The van der Waals surface area contributed by atoms with Crippen molar-refractivity contribution >= 4 is 6.09 Å². The minimum absolute atomic E-state index is 0.315. The van der Waals surface area contributed by atoms with Crippen LogP contribution in [0.2, 0.25) is 0 Å². The first-order valence-corrected chi connectivity index (χ1v) is 4.52. The Morgan fingerprint density at radius 1 is 1.47 bits per heavy atom. The van der Waals surface area contributed by atoms with E-state index in [4.69, 9.17) is 10.8 Å². The molecule has 0 saturated carbocycles. The van der Waals surface area contributed by atoms with E-state index in [1.54, 1.807) is 0 Å². The van der Waals surface area contributed by atoms with E-state index < -0.39 is 6.09 Å². The fraction of sp³-hybridized carbons (Fsp3) is 0.182. The van der Waals surface area contributed by atoms with Crippen molar-refractivity contribution in [2.24, 2.45) is 5.73 Å².